The molecule has 29 heavy (non-hydrogen) atoms. The number of nitrogens with zero attached hydrogens (tertiary/aromatic N) is 2. The molecule has 2 heterocycles. The molecule has 4 rings (SSSR count). The summed E-state index contributed by atoms with van der Waals surface area (Å²) in [4.78, 5) is 16.9. The van der Waals surface area contributed by atoms with E-state index in [-0.39, 0.29) is 16.7 Å². The number of nitrogens with one attached hydrogen (secondary N) is 1. The van der Waals surface area contributed by atoms with Crippen molar-refractivity contribution in [3.63, 3.8) is 0 Å². The lowest BCUT2D eigenvalue weighted by molar-refractivity contribution is -0.120. The van der Waals surface area contributed by atoms with Crippen molar-refractivity contribution in [3.05, 3.63) is 66.7 Å². The molecule has 1 aliphatic heterocycles. The molecule has 3 aromatic rings. The zero-order valence-corrected chi connectivity index (χ0v) is 16.7. The van der Waals surface area contributed by atoms with Gasteiger partial charge < -0.3 is 14.6 Å². The second kappa shape index (κ2) is 7.71. The van der Waals surface area contributed by atoms with Crippen LogP contribution in [0, 0.1) is 5.92 Å². The van der Waals surface area contributed by atoms with E-state index < -0.39 is 9.84 Å². The number of sulfone groups is 1. The van der Waals surface area contributed by atoms with E-state index in [0.29, 0.717) is 23.6 Å². The van der Waals surface area contributed by atoms with Gasteiger partial charge in [0.1, 0.15) is 11.5 Å². The fourth-order valence-corrected chi connectivity index (χ4v) is 3.96. The van der Waals surface area contributed by atoms with Gasteiger partial charge in [0.25, 0.3) is 0 Å². The second-order valence-electron chi connectivity index (χ2n) is 7.13. The predicted octanol–water partition coefficient (Wildman–Crippen LogP) is 3.28. The molecule has 8 heteroatoms. The fraction of sp³-hybridized carbons (Fsp3) is 0.238. The molecule has 0 bridgehead atoms. The maximum atomic E-state index is 12.6. The Hall–Kier alpha value is -3.13. The summed E-state index contributed by atoms with van der Waals surface area (Å²) < 4.78 is 30.8. The number of amides is 1. The summed E-state index contributed by atoms with van der Waals surface area (Å²) in [5.41, 5.74) is 1.79. The molecular formula is C21H21N3O4S. The van der Waals surface area contributed by atoms with E-state index in [4.69, 9.17) is 4.74 Å². The topological polar surface area (TPSA) is 90.3 Å². The van der Waals surface area contributed by atoms with Gasteiger partial charge in [-0.05, 0) is 55.0 Å². The molecule has 0 fully saturated rings. The molecule has 2 aromatic carbocycles. The highest BCUT2D eigenvalue weighted by Gasteiger charge is 2.24. The zero-order valence-electron chi connectivity index (χ0n) is 15.9. The lowest BCUT2D eigenvalue weighted by Crippen LogP contribution is -2.29. The summed E-state index contributed by atoms with van der Waals surface area (Å²) in [5.74, 6) is 1.07. The van der Waals surface area contributed by atoms with Crippen molar-refractivity contribution in [1.29, 1.82) is 0 Å². The van der Waals surface area contributed by atoms with Crippen LogP contribution in [0.3, 0.4) is 0 Å². The van der Waals surface area contributed by atoms with Crippen molar-refractivity contribution < 1.29 is 17.9 Å². The number of hydrogen-bond acceptors (Lipinski definition) is 5. The summed E-state index contributed by atoms with van der Waals surface area (Å²) in [6.45, 7) is 0.804. The molecule has 0 saturated heterocycles. The molecule has 150 valence electrons. The van der Waals surface area contributed by atoms with Gasteiger partial charge in [-0.15, -0.1) is 0 Å². The Bertz CT molecular complexity index is 1120. The number of imidazole rings is 1. The number of aryl methyl sites for hydroxylation is 1. The number of aromatic nitrogens is 2. The molecule has 0 spiro atoms. The van der Waals surface area contributed by atoms with Gasteiger partial charge >= 0.3 is 0 Å². The van der Waals surface area contributed by atoms with Gasteiger partial charge in [-0.1, -0.05) is 0 Å². The van der Waals surface area contributed by atoms with Crippen molar-refractivity contribution >= 4 is 21.4 Å². The van der Waals surface area contributed by atoms with Gasteiger partial charge in [0, 0.05) is 42.7 Å². The van der Waals surface area contributed by atoms with Crippen molar-refractivity contribution in [2.45, 2.75) is 24.3 Å². The minimum absolute atomic E-state index is 0.00230. The molecule has 0 aliphatic carbocycles. The van der Waals surface area contributed by atoms with Crippen molar-refractivity contribution in [2.75, 3.05) is 11.6 Å². The highest BCUT2D eigenvalue weighted by molar-refractivity contribution is 7.90. The first-order valence-corrected chi connectivity index (χ1v) is 11.2. The Morgan fingerprint density at radius 2 is 1.76 bits per heavy atom. The van der Waals surface area contributed by atoms with E-state index in [9.17, 15) is 13.2 Å². The number of anilines is 1. The largest absolute Gasteiger partial charge is 0.457 e. The summed E-state index contributed by atoms with van der Waals surface area (Å²) in [6.07, 6.45) is 6.26. The summed E-state index contributed by atoms with van der Waals surface area (Å²) in [5, 5.41) is 2.96. The van der Waals surface area contributed by atoms with E-state index in [1.54, 1.807) is 42.7 Å². The predicted molar refractivity (Wildman–Crippen MR) is 109 cm³/mol. The Kier molecular flexibility index (Phi) is 5.10. The van der Waals surface area contributed by atoms with Crippen molar-refractivity contribution in [2.24, 2.45) is 5.92 Å². The van der Waals surface area contributed by atoms with Gasteiger partial charge in [0.05, 0.1) is 11.2 Å². The summed E-state index contributed by atoms with van der Waals surface area (Å²) >= 11 is 0. The van der Waals surface area contributed by atoms with Crippen LogP contribution in [-0.2, 0) is 27.6 Å². The van der Waals surface area contributed by atoms with Crippen LogP contribution in [0.2, 0.25) is 0 Å². The third kappa shape index (κ3) is 4.48. The lowest BCUT2D eigenvalue weighted by atomic mass is 9.95. The summed E-state index contributed by atoms with van der Waals surface area (Å²) in [7, 11) is -3.23. The number of ether oxygens (including phenoxy) is 1. The monoisotopic (exact) mass is 411 g/mol. The zero-order chi connectivity index (χ0) is 20.4. The first-order valence-electron chi connectivity index (χ1n) is 9.26. The Morgan fingerprint density at radius 1 is 1.10 bits per heavy atom. The number of benzene rings is 2. The molecule has 0 radical (unpaired) electrons. The molecule has 1 amide bonds. The third-order valence-electron chi connectivity index (χ3n) is 4.95. The highest BCUT2D eigenvalue weighted by atomic mass is 32.2. The molecule has 1 atom stereocenters. The maximum Gasteiger partial charge on any atom is 0.227 e. The third-order valence-corrected chi connectivity index (χ3v) is 6.08. The highest BCUT2D eigenvalue weighted by Crippen LogP contribution is 2.26. The Labute approximate surface area is 169 Å². The van der Waals surface area contributed by atoms with Gasteiger partial charge in [0.15, 0.2) is 9.84 Å². The van der Waals surface area contributed by atoms with Crippen LogP contribution < -0.4 is 10.1 Å². The number of rotatable bonds is 5. The van der Waals surface area contributed by atoms with E-state index in [1.165, 1.54) is 12.1 Å². The first-order chi connectivity index (χ1) is 13.9. The van der Waals surface area contributed by atoms with Gasteiger partial charge in [-0.3, -0.25) is 4.79 Å². The van der Waals surface area contributed by atoms with E-state index in [0.717, 1.165) is 24.9 Å². The van der Waals surface area contributed by atoms with Crippen LogP contribution in [0.15, 0.2) is 66.0 Å². The Morgan fingerprint density at radius 3 is 2.41 bits per heavy atom. The first kappa shape index (κ1) is 19.2. The van der Waals surface area contributed by atoms with Crippen molar-refractivity contribution in [1.82, 2.24) is 9.55 Å². The minimum Gasteiger partial charge on any atom is -0.457 e. The molecule has 1 unspecified atom stereocenters. The molecule has 0 saturated carbocycles. The average Bonchev–Trinajstić information content (AvgIpc) is 3.17. The van der Waals surface area contributed by atoms with Gasteiger partial charge in [-0.2, -0.15) is 0 Å². The minimum atomic E-state index is -3.23. The van der Waals surface area contributed by atoms with Crippen LogP contribution >= 0.6 is 0 Å². The lowest BCUT2D eigenvalue weighted by Gasteiger charge is -2.23. The van der Waals surface area contributed by atoms with Gasteiger partial charge in [-0.25, -0.2) is 13.4 Å². The van der Waals surface area contributed by atoms with Crippen LogP contribution in [0.5, 0.6) is 11.5 Å². The number of hydrogen-bond donors (Lipinski definition) is 1. The Balaban J connectivity index is 1.36. The SMILES string of the molecule is CS(=O)(=O)c1ccc(Oc2ccc(NC(=O)C3CCn4cncc4C3)cc2)cc1. The molecule has 1 aromatic heterocycles. The molecule has 1 aliphatic rings. The van der Waals surface area contributed by atoms with Gasteiger partial charge in [0.2, 0.25) is 5.91 Å². The van der Waals surface area contributed by atoms with Crippen LogP contribution in [-0.4, -0.2) is 30.1 Å². The van der Waals surface area contributed by atoms with Crippen LogP contribution in [0.25, 0.3) is 0 Å². The van der Waals surface area contributed by atoms with E-state index in [1.807, 2.05) is 6.20 Å². The maximum absolute atomic E-state index is 12.6. The molecular weight excluding hydrogens is 390 g/mol. The smallest absolute Gasteiger partial charge is 0.227 e. The van der Waals surface area contributed by atoms with Crippen molar-refractivity contribution in [3.8, 4) is 11.5 Å². The van der Waals surface area contributed by atoms with Crippen LogP contribution in [0.1, 0.15) is 12.1 Å². The normalized spacial score (nSPS) is 16.1. The second-order valence-corrected chi connectivity index (χ2v) is 9.14. The fourth-order valence-electron chi connectivity index (χ4n) is 3.33. The quantitative estimate of drug-likeness (QED) is 0.696. The number of carbonyl (C=O) groups excluding carboxylic acids is 1. The van der Waals surface area contributed by atoms with E-state index in [2.05, 4.69) is 14.9 Å². The molecule has 7 nitrogen and oxygen atoms in total. The van der Waals surface area contributed by atoms with E-state index >= 15 is 0 Å². The average molecular weight is 411 g/mol. The molecule has 1 N–H and O–H groups in total. The standard InChI is InChI=1S/C21H21N3O4S/c1-29(26,27)20-8-6-19(7-9-20)28-18-4-2-16(3-5-18)23-21(25)15-10-11-24-14-22-13-17(24)12-15/h2-9,13-15H,10-12H2,1H3,(H,23,25). The summed E-state index contributed by atoms with van der Waals surface area (Å²) in [6, 6.07) is 13.3. The number of fused-ring (bicyclic) bond motifs is 1. The van der Waals surface area contributed by atoms with Crippen LogP contribution in [0.4, 0.5) is 5.69 Å². The number of carbonyl (C=O) groups is 1.